The smallest absolute Gasteiger partial charge is 0.354 e. The number of aromatic amines is 1. The van der Waals surface area contributed by atoms with Gasteiger partial charge >= 0.3 is 5.97 Å². The summed E-state index contributed by atoms with van der Waals surface area (Å²) in [5.41, 5.74) is 3.40. The van der Waals surface area contributed by atoms with Crippen molar-refractivity contribution >= 4 is 17.6 Å². The molecule has 0 unspecified atom stereocenters. The summed E-state index contributed by atoms with van der Waals surface area (Å²) in [5, 5.41) is 11.7. The molecule has 1 amide bonds. The zero-order valence-electron chi connectivity index (χ0n) is 11.6. The molecule has 5 heteroatoms. The molecule has 1 aromatic heterocycles. The van der Waals surface area contributed by atoms with Gasteiger partial charge in [-0.15, -0.1) is 0 Å². The monoisotopic (exact) mass is 272 g/mol. The largest absolute Gasteiger partial charge is 0.477 e. The van der Waals surface area contributed by atoms with Gasteiger partial charge in [0.1, 0.15) is 5.69 Å². The fourth-order valence-electron chi connectivity index (χ4n) is 2.11. The van der Waals surface area contributed by atoms with Crippen LogP contribution in [0, 0.1) is 20.8 Å². The van der Waals surface area contributed by atoms with E-state index in [1.165, 1.54) is 0 Å². The van der Waals surface area contributed by atoms with Crippen LogP contribution in [0.3, 0.4) is 0 Å². The summed E-state index contributed by atoms with van der Waals surface area (Å²) in [6, 6.07) is 7.10. The van der Waals surface area contributed by atoms with Crippen molar-refractivity contribution < 1.29 is 14.7 Å². The highest BCUT2D eigenvalue weighted by atomic mass is 16.4. The summed E-state index contributed by atoms with van der Waals surface area (Å²) in [7, 11) is 0. The summed E-state index contributed by atoms with van der Waals surface area (Å²) in [6.07, 6.45) is 0. The van der Waals surface area contributed by atoms with Crippen LogP contribution in [-0.2, 0) is 0 Å². The first-order valence-electron chi connectivity index (χ1n) is 6.20. The van der Waals surface area contributed by atoms with Crippen LogP contribution in [0.25, 0.3) is 0 Å². The molecule has 0 saturated carbocycles. The van der Waals surface area contributed by atoms with Gasteiger partial charge in [0, 0.05) is 11.3 Å². The molecule has 20 heavy (non-hydrogen) atoms. The number of aryl methyl sites for hydroxylation is 3. The first-order valence-corrected chi connectivity index (χ1v) is 6.20. The van der Waals surface area contributed by atoms with Crippen LogP contribution >= 0.6 is 0 Å². The van der Waals surface area contributed by atoms with E-state index in [4.69, 9.17) is 5.11 Å². The second-order valence-corrected chi connectivity index (χ2v) is 4.82. The Bertz CT molecular complexity index is 686. The van der Waals surface area contributed by atoms with Gasteiger partial charge in [0.25, 0.3) is 5.91 Å². The molecule has 0 aliphatic rings. The molecule has 1 aromatic carbocycles. The molecular formula is C15H16N2O3. The fourth-order valence-corrected chi connectivity index (χ4v) is 2.11. The molecule has 104 valence electrons. The third kappa shape index (κ3) is 2.71. The van der Waals surface area contributed by atoms with E-state index in [0.29, 0.717) is 11.3 Å². The molecule has 0 atom stereocenters. The molecule has 3 N–H and O–H groups in total. The van der Waals surface area contributed by atoms with E-state index in [2.05, 4.69) is 10.3 Å². The van der Waals surface area contributed by atoms with E-state index in [1.54, 1.807) is 19.1 Å². The highest BCUT2D eigenvalue weighted by Crippen LogP contribution is 2.19. The van der Waals surface area contributed by atoms with Crippen molar-refractivity contribution in [2.24, 2.45) is 0 Å². The first-order chi connectivity index (χ1) is 9.38. The number of carboxylic acids is 1. The lowest BCUT2D eigenvalue weighted by molar-refractivity contribution is 0.0692. The Morgan fingerprint density at radius 1 is 1.15 bits per heavy atom. The van der Waals surface area contributed by atoms with Gasteiger partial charge in [0.05, 0.1) is 5.69 Å². The lowest BCUT2D eigenvalue weighted by atomic mass is 10.1. The highest BCUT2D eigenvalue weighted by Gasteiger charge is 2.17. The second-order valence-electron chi connectivity index (χ2n) is 4.82. The van der Waals surface area contributed by atoms with Gasteiger partial charge in [-0.05, 0) is 38.5 Å². The Morgan fingerprint density at radius 3 is 2.45 bits per heavy atom. The predicted molar refractivity (Wildman–Crippen MR) is 76.4 cm³/mol. The van der Waals surface area contributed by atoms with Crippen LogP contribution in [0.1, 0.15) is 37.7 Å². The third-order valence-electron chi connectivity index (χ3n) is 3.04. The molecule has 2 rings (SSSR count). The van der Waals surface area contributed by atoms with Gasteiger partial charge in [0.15, 0.2) is 0 Å². The van der Waals surface area contributed by atoms with Crippen LogP contribution < -0.4 is 5.32 Å². The number of amides is 1. The summed E-state index contributed by atoms with van der Waals surface area (Å²) < 4.78 is 0. The number of H-pyrrole nitrogens is 1. The quantitative estimate of drug-likeness (QED) is 0.803. The minimum absolute atomic E-state index is 0.0133. The van der Waals surface area contributed by atoms with E-state index in [9.17, 15) is 9.59 Å². The summed E-state index contributed by atoms with van der Waals surface area (Å²) >= 11 is 0. The van der Waals surface area contributed by atoms with Crippen LogP contribution in [-0.4, -0.2) is 22.0 Å². The number of carboxylic acid groups (broad SMARTS) is 1. The SMILES string of the molecule is Cc1ccc(C(=O)Nc2cc(C)[nH]c2C(=O)O)c(C)c1. The van der Waals surface area contributed by atoms with Crippen molar-refractivity contribution in [2.75, 3.05) is 5.32 Å². The van der Waals surface area contributed by atoms with Gasteiger partial charge in [-0.25, -0.2) is 4.79 Å². The van der Waals surface area contributed by atoms with E-state index < -0.39 is 5.97 Å². The number of aromatic carboxylic acids is 1. The normalized spacial score (nSPS) is 10.3. The van der Waals surface area contributed by atoms with Crippen molar-refractivity contribution in [1.82, 2.24) is 4.98 Å². The van der Waals surface area contributed by atoms with Gasteiger partial charge in [-0.1, -0.05) is 17.7 Å². The van der Waals surface area contributed by atoms with Gasteiger partial charge in [-0.2, -0.15) is 0 Å². The molecule has 1 heterocycles. The Balaban J connectivity index is 2.30. The molecule has 5 nitrogen and oxygen atoms in total. The Hall–Kier alpha value is -2.56. The van der Waals surface area contributed by atoms with E-state index in [1.807, 2.05) is 26.0 Å². The van der Waals surface area contributed by atoms with Crippen molar-refractivity contribution in [2.45, 2.75) is 20.8 Å². The maximum Gasteiger partial charge on any atom is 0.354 e. The lowest BCUT2D eigenvalue weighted by Crippen LogP contribution is -2.15. The summed E-state index contributed by atoms with van der Waals surface area (Å²) in [5.74, 6) is -1.42. The topological polar surface area (TPSA) is 82.2 Å². The van der Waals surface area contributed by atoms with Crippen LogP contribution in [0.4, 0.5) is 5.69 Å². The molecule has 0 aliphatic heterocycles. The highest BCUT2D eigenvalue weighted by molar-refractivity contribution is 6.08. The first kappa shape index (κ1) is 13.9. The van der Waals surface area contributed by atoms with Crippen molar-refractivity contribution in [3.63, 3.8) is 0 Å². The number of carbonyl (C=O) groups is 2. The minimum Gasteiger partial charge on any atom is -0.477 e. The molecule has 0 fully saturated rings. The molecule has 0 spiro atoms. The van der Waals surface area contributed by atoms with Crippen molar-refractivity contribution in [1.29, 1.82) is 0 Å². The van der Waals surface area contributed by atoms with E-state index in [0.717, 1.165) is 11.1 Å². The minimum atomic E-state index is -1.10. The number of aromatic nitrogens is 1. The fraction of sp³-hybridized carbons (Fsp3) is 0.200. The van der Waals surface area contributed by atoms with Crippen molar-refractivity contribution in [3.05, 3.63) is 52.3 Å². The molecule has 0 bridgehead atoms. The van der Waals surface area contributed by atoms with Crippen LogP contribution in [0.15, 0.2) is 24.3 Å². The lowest BCUT2D eigenvalue weighted by Gasteiger charge is -2.08. The zero-order valence-corrected chi connectivity index (χ0v) is 11.6. The van der Waals surface area contributed by atoms with Crippen LogP contribution in [0.2, 0.25) is 0 Å². The Morgan fingerprint density at radius 2 is 1.85 bits per heavy atom. The predicted octanol–water partition coefficient (Wildman–Crippen LogP) is 2.89. The zero-order chi connectivity index (χ0) is 14.9. The van der Waals surface area contributed by atoms with Gasteiger partial charge in [-0.3, -0.25) is 4.79 Å². The molecular weight excluding hydrogens is 256 g/mol. The number of rotatable bonds is 3. The van der Waals surface area contributed by atoms with Gasteiger partial charge in [0.2, 0.25) is 0 Å². The average molecular weight is 272 g/mol. The molecule has 2 aromatic rings. The van der Waals surface area contributed by atoms with Gasteiger partial charge < -0.3 is 15.4 Å². The van der Waals surface area contributed by atoms with E-state index >= 15 is 0 Å². The molecule has 0 aliphatic carbocycles. The Kier molecular flexibility index (Phi) is 3.61. The molecule has 0 saturated heterocycles. The average Bonchev–Trinajstić information content (AvgIpc) is 2.70. The maximum atomic E-state index is 12.2. The standard InChI is InChI=1S/C15H16N2O3/c1-8-4-5-11(9(2)6-8)14(18)17-12-7-10(3)16-13(12)15(19)20/h4-7,16H,1-3H3,(H,17,18)(H,19,20). The number of hydrogen-bond donors (Lipinski definition) is 3. The van der Waals surface area contributed by atoms with Crippen LogP contribution in [0.5, 0.6) is 0 Å². The Labute approximate surface area is 116 Å². The van der Waals surface area contributed by atoms with E-state index in [-0.39, 0.29) is 17.3 Å². The molecule has 0 radical (unpaired) electrons. The number of carbonyl (C=O) groups excluding carboxylic acids is 1. The second kappa shape index (κ2) is 5.21. The van der Waals surface area contributed by atoms with Crippen molar-refractivity contribution in [3.8, 4) is 0 Å². The maximum absolute atomic E-state index is 12.2. The number of hydrogen-bond acceptors (Lipinski definition) is 2. The summed E-state index contributed by atoms with van der Waals surface area (Å²) in [4.78, 5) is 26.0. The third-order valence-corrected chi connectivity index (χ3v) is 3.04. The number of benzene rings is 1. The number of nitrogens with one attached hydrogen (secondary N) is 2. The summed E-state index contributed by atoms with van der Waals surface area (Å²) in [6.45, 7) is 5.54. The number of anilines is 1.